The number of carboxylic acid groups (broad SMARTS) is 1. The number of pyridine rings is 1. The molecule has 0 aliphatic heterocycles. The van der Waals surface area contributed by atoms with Gasteiger partial charge in [-0.15, -0.1) is 0 Å². The van der Waals surface area contributed by atoms with Crippen LogP contribution in [0.1, 0.15) is 43.0 Å². The minimum absolute atomic E-state index is 0.175. The zero-order chi connectivity index (χ0) is 13.1. The summed E-state index contributed by atoms with van der Waals surface area (Å²) in [6.45, 7) is 2.09. The second-order valence-corrected chi connectivity index (χ2v) is 5.15. The molecule has 4 nitrogen and oxygen atoms in total. The Morgan fingerprint density at radius 1 is 1.61 bits per heavy atom. The molecule has 18 heavy (non-hydrogen) atoms. The van der Waals surface area contributed by atoms with Crippen molar-refractivity contribution >= 4 is 23.4 Å². The van der Waals surface area contributed by atoms with Gasteiger partial charge in [-0.1, -0.05) is 31.4 Å². The fourth-order valence-electron chi connectivity index (χ4n) is 1.99. The van der Waals surface area contributed by atoms with Gasteiger partial charge in [0.1, 0.15) is 16.5 Å². The average Bonchev–Trinajstić information content (AvgIpc) is 3.11. The van der Waals surface area contributed by atoms with E-state index in [1.165, 1.54) is 25.0 Å². The van der Waals surface area contributed by atoms with Gasteiger partial charge >= 0.3 is 5.97 Å². The molecule has 1 aromatic rings. The molecule has 1 aliphatic rings. The monoisotopic (exact) mass is 268 g/mol. The molecule has 0 spiro atoms. The Balaban J connectivity index is 2.14. The highest BCUT2D eigenvalue weighted by Gasteiger charge is 2.25. The van der Waals surface area contributed by atoms with Crippen molar-refractivity contribution < 1.29 is 9.90 Å². The van der Waals surface area contributed by atoms with Gasteiger partial charge in [-0.05, 0) is 30.9 Å². The van der Waals surface area contributed by atoms with E-state index in [1.54, 1.807) is 0 Å². The predicted octanol–water partition coefficient (Wildman–Crippen LogP) is 3.42. The van der Waals surface area contributed by atoms with Gasteiger partial charge in [0, 0.05) is 6.04 Å². The van der Waals surface area contributed by atoms with Crippen LogP contribution in [-0.4, -0.2) is 22.1 Å². The van der Waals surface area contributed by atoms with Crippen LogP contribution in [0, 0.1) is 5.92 Å². The van der Waals surface area contributed by atoms with E-state index < -0.39 is 5.97 Å². The summed E-state index contributed by atoms with van der Waals surface area (Å²) >= 11 is 5.82. The number of nitrogens with zero attached hydrogens (tertiary/aromatic N) is 1. The Labute approximate surface area is 111 Å². The summed E-state index contributed by atoms with van der Waals surface area (Å²) < 4.78 is 0. The molecule has 5 heteroatoms. The van der Waals surface area contributed by atoms with E-state index >= 15 is 0 Å². The number of aromatic nitrogens is 1. The second kappa shape index (κ2) is 5.57. The fourth-order valence-corrected chi connectivity index (χ4v) is 2.14. The number of halogens is 1. The largest absolute Gasteiger partial charge is 0.478 e. The number of anilines is 1. The molecule has 0 aromatic carbocycles. The summed E-state index contributed by atoms with van der Waals surface area (Å²) in [5.74, 6) is 0.181. The van der Waals surface area contributed by atoms with E-state index in [9.17, 15) is 4.79 Å². The highest BCUT2D eigenvalue weighted by atomic mass is 35.5. The molecule has 1 aromatic heterocycles. The van der Waals surface area contributed by atoms with Crippen LogP contribution in [0.2, 0.25) is 5.15 Å². The quantitative estimate of drug-likeness (QED) is 0.776. The van der Waals surface area contributed by atoms with Gasteiger partial charge in [0.15, 0.2) is 0 Å². The lowest BCUT2D eigenvalue weighted by molar-refractivity contribution is 0.0697. The number of carboxylic acids is 1. The Hall–Kier alpha value is -1.29. The van der Waals surface area contributed by atoms with E-state index in [-0.39, 0.29) is 11.6 Å². The SMILES string of the molecule is CCC(CC1CC1)Nc1nc(Cl)ccc1C(=O)O. The van der Waals surface area contributed by atoms with Crippen LogP contribution in [-0.2, 0) is 0 Å². The summed E-state index contributed by atoms with van der Waals surface area (Å²) in [5.41, 5.74) is 0.175. The van der Waals surface area contributed by atoms with Crippen LogP contribution < -0.4 is 5.32 Å². The maximum atomic E-state index is 11.1. The molecule has 1 atom stereocenters. The van der Waals surface area contributed by atoms with Crippen molar-refractivity contribution in [1.82, 2.24) is 4.98 Å². The molecular weight excluding hydrogens is 252 g/mol. The molecule has 0 amide bonds. The predicted molar refractivity (Wildman–Crippen MR) is 71.2 cm³/mol. The van der Waals surface area contributed by atoms with E-state index in [0.29, 0.717) is 11.0 Å². The Kier molecular flexibility index (Phi) is 4.07. The first kappa shape index (κ1) is 13.1. The zero-order valence-electron chi connectivity index (χ0n) is 10.3. The Morgan fingerprint density at radius 3 is 2.89 bits per heavy atom. The molecule has 1 saturated carbocycles. The van der Waals surface area contributed by atoms with Gasteiger partial charge in [-0.3, -0.25) is 0 Å². The van der Waals surface area contributed by atoms with Crippen molar-refractivity contribution in [3.8, 4) is 0 Å². The molecule has 2 rings (SSSR count). The molecule has 98 valence electrons. The number of hydrogen-bond donors (Lipinski definition) is 2. The maximum Gasteiger partial charge on any atom is 0.339 e. The third-order valence-electron chi connectivity index (χ3n) is 3.24. The molecule has 0 saturated heterocycles. The van der Waals surface area contributed by atoms with Gasteiger partial charge in [0.25, 0.3) is 0 Å². The number of hydrogen-bond acceptors (Lipinski definition) is 3. The van der Waals surface area contributed by atoms with Crippen LogP contribution in [0.4, 0.5) is 5.82 Å². The van der Waals surface area contributed by atoms with Crippen LogP contribution >= 0.6 is 11.6 Å². The van der Waals surface area contributed by atoms with Crippen LogP contribution in [0.25, 0.3) is 0 Å². The Bertz CT molecular complexity index is 447. The highest BCUT2D eigenvalue weighted by Crippen LogP contribution is 2.35. The molecule has 0 bridgehead atoms. The Morgan fingerprint density at radius 2 is 2.33 bits per heavy atom. The van der Waals surface area contributed by atoms with Crippen molar-refractivity contribution in [2.24, 2.45) is 5.92 Å². The summed E-state index contributed by atoms with van der Waals surface area (Å²) in [6, 6.07) is 3.25. The molecule has 0 radical (unpaired) electrons. The lowest BCUT2D eigenvalue weighted by Crippen LogP contribution is -2.21. The smallest absolute Gasteiger partial charge is 0.339 e. The summed E-state index contributed by atoms with van der Waals surface area (Å²) in [7, 11) is 0. The number of carbonyl (C=O) groups is 1. The average molecular weight is 269 g/mol. The molecule has 1 unspecified atom stereocenters. The molecule has 1 heterocycles. The van der Waals surface area contributed by atoms with Crippen molar-refractivity contribution in [2.45, 2.75) is 38.6 Å². The van der Waals surface area contributed by atoms with E-state index in [2.05, 4.69) is 17.2 Å². The molecule has 1 aliphatic carbocycles. The standard InChI is InChI=1S/C13H17ClN2O2/c1-2-9(7-8-3-4-8)15-12-10(13(17)18)5-6-11(14)16-12/h5-6,8-9H,2-4,7H2,1H3,(H,15,16)(H,17,18). The summed E-state index contributed by atoms with van der Waals surface area (Å²) in [4.78, 5) is 15.2. The first-order valence-electron chi connectivity index (χ1n) is 6.26. The first-order valence-corrected chi connectivity index (χ1v) is 6.64. The van der Waals surface area contributed by atoms with Gasteiger partial charge in [-0.25, -0.2) is 9.78 Å². The third kappa shape index (κ3) is 3.35. The number of rotatable bonds is 6. The van der Waals surface area contributed by atoms with Crippen molar-refractivity contribution in [2.75, 3.05) is 5.32 Å². The van der Waals surface area contributed by atoms with E-state index in [1.807, 2.05) is 0 Å². The van der Waals surface area contributed by atoms with E-state index in [0.717, 1.165) is 18.8 Å². The normalized spacial score (nSPS) is 16.3. The van der Waals surface area contributed by atoms with Gasteiger partial charge in [0.2, 0.25) is 0 Å². The van der Waals surface area contributed by atoms with Crippen LogP contribution in [0.5, 0.6) is 0 Å². The molecule has 2 N–H and O–H groups in total. The summed E-state index contributed by atoms with van der Waals surface area (Å²) in [6.07, 6.45) is 4.59. The zero-order valence-corrected chi connectivity index (χ0v) is 11.1. The maximum absolute atomic E-state index is 11.1. The van der Waals surface area contributed by atoms with Gasteiger partial charge in [-0.2, -0.15) is 0 Å². The fraction of sp³-hybridized carbons (Fsp3) is 0.538. The number of nitrogens with one attached hydrogen (secondary N) is 1. The van der Waals surface area contributed by atoms with Crippen LogP contribution in [0.3, 0.4) is 0 Å². The number of aromatic carboxylic acids is 1. The third-order valence-corrected chi connectivity index (χ3v) is 3.45. The van der Waals surface area contributed by atoms with E-state index in [4.69, 9.17) is 16.7 Å². The van der Waals surface area contributed by atoms with Crippen molar-refractivity contribution in [3.63, 3.8) is 0 Å². The topological polar surface area (TPSA) is 62.2 Å². The van der Waals surface area contributed by atoms with Gasteiger partial charge < -0.3 is 10.4 Å². The lowest BCUT2D eigenvalue weighted by atomic mass is 10.1. The van der Waals surface area contributed by atoms with Crippen molar-refractivity contribution in [3.05, 3.63) is 22.8 Å². The highest BCUT2D eigenvalue weighted by molar-refractivity contribution is 6.29. The van der Waals surface area contributed by atoms with Crippen molar-refractivity contribution in [1.29, 1.82) is 0 Å². The van der Waals surface area contributed by atoms with Crippen LogP contribution in [0.15, 0.2) is 12.1 Å². The molecular formula is C13H17ClN2O2. The minimum Gasteiger partial charge on any atom is -0.478 e. The summed E-state index contributed by atoms with van der Waals surface area (Å²) in [5, 5.41) is 12.6. The lowest BCUT2D eigenvalue weighted by Gasteiger charge is -2.18. The first-order chi connectivity index (χ1) is 8.60. The van der Waals surface area contributed by atoms with Gasteiger partial charge in [0.05, 0.1) is 0 Å². The second-order valence-electron chi connectivity index (χ2n) is 4.76. The molecule has 1 fully saturated rings. The minimum atomic E-state index is -0.983.